The number of nitrogens with one attached hydrogen (secondary N) is 1. The number of hydrogen-bond donors (Lipinski definition) is 2. The van der Waals surface area contributed by atoms with E-state index in [-0.39, 0.29) is 23.5 Å². The Labute approximate surface area is 127 Å². The summed E-state index contributed by atoms with van der Waals surface area (Å²) in [6.45, 7) is -0.0515. The Hall–Kier alpha value is -2.06. The fourth-order valence-corrected chi connectivity index (χ4v) is 2.37. The monoisotopic (exact) mass is 328 g/mol. The average Bonchev–Trinajstić information content (AvgIpc) is 2.40. The van der Waals surface area contributed by atoms with E-state index in [1.165, 1.54) is 12.3 Å². The van der Waals surface area contributed by atoms with Crippen molar-refractivity contribution < 1.29 is 13.2 Å². The molecule has 2 aromatic rings. The van der Waals surface area contributed by atoms with Crippen LogP contribution < -0.4 is 15.2 Å². The molecule has 21 heavy (non-hydrogen) atoms. The highest BCUT2D eigenvalue weighted by molar-refractivity contribution is 7.92. The molecule has 0 atom stereocenters. The molecule has 0 bridgehead atoms. The van der Waals surface area contributed by atoms with Crippen molar-refractivity contribution in [2.24, 2.45) is 0 Å². The smallest absolute Gasteiger partial charge is 0.238 e. The van der Waals surface area contributed by atoms with Crippen molar-refractivity contribution >= 4 is 33.3 Å². The first-order chi connectivity index (χ1) is 9.96. The molecule has 0 saturated carbocycles. The molecular formula is C12H13ClN4O3S. The minimum atomic E-state index is -3.63. The predicted octanol–water partition coefficient (Wildman–Crippen LogP) is 1.53. The van der Waals surface area contributed by atoms with Crippen LogP contribution in [0.4, 0.5) is 11.6 Å². The summed E-state index contributed by atoms with van der Waals surface area (Å²) in [5.74, 6) is 0.0884. The maximum absolute atomic E-state index is 11.8. The number of anilines is 2. The van der Waals surface area contributed by atoms with Gasteiger partial charge in [0.15, 0.2) is 0 Å². The number of aromatic nitrogens is 2. The lowest BCUT2D eigenvalue weighted by Gasteiger charge is -2.09. The molecular weight excluding hydrogens is 316 g/mol. The molecule has 0 radical (unpaired) electrons. The van der Waals surface area contributed by atoms with E-state index < -0.39 is 10.0 Å². The van der Waals surface area contributed by atoms with Crippen LogP contribution in [-0.2, 0) is 10.0 Å². The number of nitrogen functional groups attached to an aromatic ring is 1. The fourth-order valence-electron chi connectivity index (χ4n) is 1.45. The van der Waals surface area contributed by atoms with Gasteiger partial charge in [0.05, 0.1) is 5.69 Å². The van der Waals surface area contributed by atoms with Crippen molar-refractivity contribution in [3.63, 3.8) is 0 Å². The molecule has 112 valence electrons. The van der Waals surface area contributed by atoms with Crippen LogP contribution in [0.25, 0.3) is 0 Å². The van der Waals surface area contributed by atoms with Gasteiger partial charge in [-0.3, -0.25) is 4.72 Å². The van der Waals surface area contributed by atoms with Crippen LogP contribution in [0.5, 0.6) is 5.75 Å². The van der Waals surface area contributed by atoms with Crippen molar-refractivity contribution in [1.29, 1.82) is 0 Å². The van der Waals surface area contributed by atoms with Crippen molar-refractivity contribution in [3.05, 3.63) is 41.7 Å². The maximum Gasteiger partial charge on any atom is 0.238 e. The number of benzene rings is 1. The van der Waals surface area contributed by atoms with E-state index in [1.54, 1.807) is 24.3 Å². The summed E-state index contributed by atoms with van der Waals surface area (Å²) in [5.41, 5.74) is 6.13. The molecule has 0 aliphatic heterocycles. The molecule has 1 aromatic heterocycles. The van der Waals surface area contributed by atoms with Gasteiger partial charge in [-0.25, -0.2) is 18.4 Å². The molecule has 0 amide bonds. The van der Waals surface area contributed by atoms with E-state index in [1.807, 2.05) is 0 Å². The van der Waals surface area contributed by atoms with Crippen LogP contribution in [-0.4, -0.2) is 30.7 Å². The van der Waals surface area contributed by atoms with Gasteiger partial charge < -0.3 is 10.5 Å². The van der Waals surface area contributed by atoms with Gasteiger partial charge in [0, 0.05) is 6.20 Å². The van der Waals surface area contributed by atoms with Crippen molar-refractivity contribution in [3.8, 4) is 5.75 Å². The first kappa shape index (κ1) is 15.3. The lowest BCUT2D eigenvalue weighted by Crippen LogP contribution is -2.22. The molecule has 0 fully saturated rings. The van der Waals surface area contributed by atoms with E-state index in [4.69, 9.17) is 22.1 Å². The van der Waals surface area contributed by atoms with E-state index in [9.17, 15) is 8.42 Å². The largest absolute Gasteiger partial charge is 0.490 e. The van der Waals surface area contributed by atoms with Crippen molar-refractivity contribution in [2.45, 2.75) is 0 Å². The third-order valence-electron chi connectivity index (χ3n) is 2.40. The first-order valence-corrected chi connectivity index (χ1v) is 7.96. The molecule has 0 saturated heterocycles. The summed E-state index contributed by atoms with van der Waals surface area (Å²) in [7, 11) is -3.63. The van der Waals surface area contributed by atoms with Crippen LogP contribution in [0.1, 0.15) is 0 Å². The van der Waals surface area contributed by atoms with Crippen LogP contribution >= 0.6 is 11.6 Å². The molecule has 9 heteroatoms. The van der Waals surface area contributed by atoms with Gasteiger partial charge in [0.25, 0.3) is 0 Å². The van der Waals surface area contributed by atoms with Crippen LogP contribution in [0.15, 0.2) is 36.5 Å². The molecule has 2 rings (SSSR count). The van der Waals surface area contributed by atoms with E-state index in [2.05, 4.69) is 14.7 Å². The molecule has 1 aromatic carbocycles. The summed E-state index contributed by atoms with van der Waals surface area (Å²) < 4.78 is 31.2. The highest BCUT2D eigenvalue weighted by atomic mass is 35.5. The summed E-state index contributed by atoms with van der Waals surface area (Å²) in [6, 6.07) is 8.28. The number of nitrogens with two attached hydrogens (primary N) is 1. The molecule has 1 heterocycles. The Balaban J connectivity index is 1.91. The lowest BCUT2D eigenvalue weighted by atomic mass is 10.3. The molecule has 7 nitrogen and oxygen atoms in total. The molecule has 0 aliphatic carbocycles. The summed E-state index contributed by atoms with van der Waals surface area (Å²) in [6.07, 6.45) is 1.36. The number of nitrogens with zero attached hydrogens (tertiary/aromatic N) is 2. The van der Waals surface area contributed by atoms with E-state index in [0.717, 1.165) is 0 Å². The third kappa shape index (κ3) is 4.76. The number of para-hydroxylation sites is 2. The molecule has 3 N–H and O–H groups in total. The van der Waals surface area contributed by atoms with Gasteiger partial charge in [-0.1, -0.05) is 23.7 Å². The van der Waals surface area contributed by atoms with E-state index in [0.29, 0.717) is 11.4 Å². The van der Waals surface area contributed by atoms with Gasteiger partial charge in [0.1, 0.15) is 23.3 Å². The highest BCUT2D eigenvalue weighted by Gasteiger charge is 2.13. The standard InChI is InChI=1S/C12H13ClN4O3S/c13-11-5-6-15-12(16-11)17-21(18,19)8-7-20-10-4-2-1-3-9(10)14/h1-6H,7-8,14H2,(H,15,16,17). The van der Waals surface area contributed by atoms with Crippen molar-refractivity contribution in [2.75, 3.05) is 22.8 Å². The van der Waals surface area contributed by atoms with Gasteiger partial charge >= 0.3 is 0 Å². The van der Waals surface area contributed by atoms with Crippen LogP contribution in [0.3, 0.4) is 0 Å². The first-order valence-electron chi connectivity index (χ1n) is 5.92. The number of sulfonamides is 1. The molecule has 0 unspecified atom stereocenters. The number of rotatable bonds is 6. The number of halogens is 1. The zero-order valence-corrected chi connectivity index (χ0v) is 12.4. The summed E-state index contributed by atoms with van der Waals surface area (Å²) >= 11 is 5.65. The number of hydrogen-bond acceptors (Lipinski definition) is 6. The maximum atomic E-state index is 11.8. The van der Waals surface area contributed by atoms with Gasteiger partial charge in [-0.2, -0.15) is 0 Å². The zero-order valence-electron chi connectivity index (χ0n) is 10.9. The SMILES string of the molecule is Nc1ccccc1OCCS(=O)(=O)Nc1nccc(Cl)n1. The zero-order chi connectivity index (χ0) is 15.3. The van der Waals surface area contributed by atoms with Crippen LogP contribution in [0, 0.1) is 0 Å². The van der Waals surface area contributed by atoms with Crippen LogP contribution in [0.2, 0.25) is 5.15 Å². The topological polar surface area (TPSA) is 107 Å². The number of ether oxygens (including phenoxy) is 1. The van der Waals surface area contributed by atoms with Crippen molar-refractivity contribution in [1.82, 2.24) is 9.97 Å². The van der Waals surface area contributed by atoms with Gasteiger partial charge in [-0.15, -0.1) is 0 Å². The minimum absolute atomic E-state index is 0.0515. The Bertz CT molecular complexity index is 724. The normalized spacial score (nSPS) is 11.1. The van der Waals surface area contributed by atoms with E-state index >= 15 is 0 Å². The molecule has 0 aliphatic rings. The Kier molecular flexibility index (Phi) is 4.81. The second-order valence-electron chi connectivity index (χ2n) is 4.01. The lowest BCUT2D eigenvalue weighted by molar-refractivity contribution is 0.343. The minimum Gasteiger partial charge on any atom is -0.490 e. The predicted molar refractivity (Wildman–Crippen MR) is 80.8 cm³/mol. The highest BCUT2D eigenvalue weighted by Crippen LogP contribution is 2.19. The summed E-state index contributed by atoms with van der Waals surface area (Å²) in [4.78, 5) is 7.50. The second kappa shape index (κ2) is 6.59. The third-order valence-corrected chi connectivity index (χ3v) is 3.81. The molecule has 0 spiro atoms. The Morgan fingerprint density at radius 3 is 2.76 bits per heavy atom. The second-order valence-corrected chi connectivity index (χ2v) is 6.24. The van der Waals surface area contributed by atoms with Gasteiger partial charge in [-0.05, 0) is 18.2 Å². The Morgan fingerprint density at radius 1 is 1.29 bits per heavy atom. The quantitative estimate of drug-likeness (QED) is 0.615. The average molecular weight is 329 g/mol. The summed E-state index contributed by atoms with van der Waals surface area (Å²) in [5, 5.41) is 0.149. The Morgan fingerprint density at radius 2 is 2.05 bits per heavy atom. The fraction of sp³-hybridized carbons (Fsp3) is 0.167. The van der Waals surface area contributed by atoms with Gasteiger partial charge in [0.2, 0.25) is 16.0 Å².